The van der Waals surface area contributed by atoms with Crippen LogP contribution in [0.4, 0.5) is 13.6 Å². The topological polar surface area (TPSA) is 41.6 Å². The van der Waals surface area contributed by atoms with Crippen molar-refractivity contribution in [3.8, 4) is 0 Å². The quantitative estimate of drug-likeness (QED) is 0.901. The van der Waals surface area contributed by atoms with E-state index in [4.69, 9.17) is 4.74 Å². The van der Waals surface area contributed by atoms with E-state index in [9.17, 15) is 13.6 Å². The van der Waals surface area contributed by atoms with Gasteiger partial charge in [-0.3, -0.25) is 4.90 Å². The number of benzene rings is 1. The summed E-state index contributed by atoms with van der Waals surface area (Å²) in [5.41, 5.74) is 0.904. The molecule has 1 amide bonds. The van der Waals surface area contributed by atoms with E-state index in [1.54, 1.807) is 4.90 Å². The van der Waals surface area contributed by atoms with Gasteiger partial charge in [0.1, 0.15) is 6.61 Å². The van der Waals surface area contributed by atoms with Gasteiger partial charge in [0.15, 0.2) is 0 Å². The van der Waals surface area contributed by atoms with Crippen LogP contribution in [0.1, 0.15) is 12.0 Å². The predicted octanol–water partition coefficient (Wildman–Crippen LogP) is 2.25. The third-order valence-corrected chi connectivity index (χ3v) is 3.16. The summed E-state index contributed by atoms with van der Waals surface area (Å²) in [6.45, 7) is 1.07. The molecule has 1 fully saturated rings. The van der Waals surface area contributed by atoms with Crippen LogP contribution < -0.4 is 5.32 Å². The zero-order chi connectivity index (χ0) is 14.4. The second-order valence-electron chi connectivity index (χ2n) is 4.87. The molecule has 0 saturated carbocycles. The van der Waals surface area contributed by atoms with Crippen molar-refractivity contribution in [2.24, 2.45) is 0 Å². The van der Waals surface area contributed by atoms with Crippen LogP contribution in [0.2, 0.25) is 0 Å². The second kappa shape index (κ2) is 6.65. The van der Waals surface area contributed by atoms with E-state index in [1.165, 1.54) is 0 Å². The zero-order valence-electron chi connectivity index (χ0n) is 11.1. The van der Waals surface area contributed by atoms with E-state index in [-0.39, 0.29) is 19.6 Å². The summed E-state index contributed by atoms with van der Waals surface area (Å²) >= 11 is 0. The Morgan fingerprint density at radius 2 is 2.10 bits per heavy atom. The van der Waals surface area contributed by atoms with Crippen LogP contribution in [0.25, 0.3) is 0 Å². The Kier molecular flexibility index (Phi) is 4.89. The maximum Gasteiger partial charge on any atom is 0.407 e. The van der Waals surface area contributed by atoms with E-state index in [0.29, 0.717) is 19.6 Å². The number of nitrogens with zero attached hydrogens (tertiary/aromatic N) is 1. The van der Waals surface area contributed by atoms with Crippen LogP contribution in [0.15, 0.2) is 30.3 Å². The monoisotopic (exact) mass is 284 g/mol. The van der Waals surface area contributed by atoms with Crippen LogP contribution in [0.3, 0.4) is 0 Å². The molecule has 4 nitrogen and oxygen atoms in total. The maximum absolute atomic E-state index is 12.9. The fourth-order valence-electron chi connectivity index (χ4n) is 2.09. The minimum atomic E-state index is -2.59. The van der Waals surface area contributed by atoms with Crippen molar-refractivity contribution in [1.29, 1.82) is 0 Å². The van der Waals surface area contributed by atoms with Crippen molar-refractivity contribution in [2.45, 2.75) is 19.0 Å². The first kappa shape index (κ1) is 14.7. The standard InChI is InChI=1S/C14H18F2N2O2/c15-14(16)6-8-18(11-14)9-7-17-13(19)20-10-12-4-2-1-3-5-12/h1-5H,6-11H2,(H,17,19). The van der Waals surface area contributed by atoms with Gasteiger partial charge in [-0.05, 0) is 5.56 Å². The van der Waals surface area contributed by atoms with Gasteiger partial charge in [0.05, 0.1) is 6.54 Å². The van der Waals surface area contributed by atoms with Gasteiger partial charge in [0.25, 0.3) is 5.92 Å². The van der Waals surface area contributed by atoms with Gasteiger partial charge in [-0.15, -0.1) is 0 Å². The number of amides is 1. The number of ether oxygens (including phenoxy) is 1. The van der Waals surface area contributed by atoms with Gasteiger partial charge in [0.2, 0.25) is 0 Å². The normalized spacial score (nSPS) is 17.9. The number of alkyl carbamates (subject to hydrolysis) is 1. The largest absolute Gasteiger partial charge is 0.445 e. The average Bonchev–Trinajstić information content (AvgIpc) is 2.77. The Morgan fingerprint density at radius 1 is 1.35 bits per heavy atom. The summed E-state index contributed by atoms with van der Waals surface area (Å²) in [4.78, 5) is 13.1. The molecule has 0 aliphatic carbocycles. The Morgan fingerprint density at radius 3 is 2.75 bits per heavy atom. The van der Waals surface area contributed by atoms with E-state index in [2.05, 4.69) is 5.32 Å². The molecule has 1 aromatic rings. The number of likely N-dealkylation sites (tertiary alicyclic amines) is 1. The van der Waals surface area contributed by atoms with Gasteiger partial charge in [-0.1, -0.05) is 30.3 Å². The number of rotatable bonds is 5. The molecule has 0 unspecified atom stereocenters. The molecule has 1 heterocycles. The number of alkyl halides is 2. The number of carbonyl (C=O) groups excluding carboxylic acids is 1. The molecule has 6 heteroatoms. The van der Waals surface area contributed by atoms with Crippen molar-refractivity contribution in [2.75, 3.05) is 26.2 Å². The van der Waals surface area contributed by atoms with Crippen LogP contribution in [-0.2, 0) is 11.3 Å². The first-order valence-electron chi connectivity index (χ1n) is 6.60. The Hall–Kier alpha value is -1.69. The Balaban J connectivity index is 1.59. The lowest BCUT2D eigenvalue weighted by Gasteiger charge is -2.15. The van der Waals surface area contributed by atoms with Gasteiger partial charge in [0, 0.05) is 26.1 Å². The third-order valence-electron chi connectivity index (χ3n) is 3.16. The Bertz CT molecular complexity index is 440. The lowest BCUT2D eigenvalue weighted by molar-refractivity contribution is 0.0124. The van der Waals surface area contributed by atoms with Crippen molar-refractivity contribution in [1.82, 2.24) is 10.2 Å². The predicted molar refractivity (Wildman–Crippen MR) is 70.6 cm³/mol. The molecule has 2 rings (SSSR count). The fraction of sp³-hybridized carbons (Fsp3) is 0.500. The molecule has 0 atom stereocenters. The van der Waals surface area contributed by atoms with Crippen molar-refractivity contribution in [3.05, 3.63) is 35.9 Å². The molecule has 1 saturated heterocycles. The molecule has 0 radical (unpaired) electrons. The van der Waals surface area contributed by atoms with Crippen molar-refractivity contribution in [3.63, 3.8) is 0 Å². The molecule has 1 aromatic carbocycles. The first-order valence-corrected chi connectivity index (χ1v) is 6.60. The molecule has 0 bridgehead atoms. The molecule has 1 N–H and O–H groups in total. The van der Waals surface area contributed by atoms with E-state index in [1.807, 2.05) is 30.3 Å². The lowest BCUT2D eigenvalue weighted by atomic mass is 10.2. The number of halogens is 2. The SMILES string of the molecule is O=C(NCCN1CCC(F)(F)C1)OCc1ccccc1. The number of hydrogen-bond donors (Lipinski definition) is 1. The molecule has 0 spiro atoms. The van der Waals surface area contributed by atoms with Crippen molar-refractivity contribution >= 4 is 6.09 Å². The van der Waals surface area contributed by atoms with Crippen molar-refractivity contribution < 1.29 is 18.3 Å². The maximum atomic E-state index is 12.9. The van der Waals surface area contributed by atoms with Gasteiger partial charge < -0.3 is 10.1 Å². The highest BCUT2D eigenvalue weighted by Gasteiger charge is 2.37. The minimum absolute atomic E-state index is 0.106. The fourth-order valence-corrected chi connectivity index (χ4v) is 2.09. The molecule has 110 valence electrons. The van der Waals surface area contributed by atoms with Crippen LogP contribution in [0.5, 0.6) is 0 Å². The number of carbonyl (C=O) groups is 1. The first-order chi connectivity index (χ1) is 9.55. The molecular weight excluding hydrogens is 266 g/mol. The van der Waals surface area contributed by atoms with Crippen LogP contribution in [-0.4, -0.2) is 43.1 Å². The summed E-state index contributed by atoms with van der Waals surface area (Å²) < 4.78 is 30.9. The average molecular weight is 284 g/mol. The van der Waals surface area contributed by atoms with E-state index in [0.717, 1.165) is 5.56 Å². The summed E-state index contributed by atoms with van der Waals surface area (Å²) in [6, 6.07) is 9.34. The molecule has 20 heavy (non-hydrogen) atoms. The highest BCUT2D eigenvalue weighted by atomic mass is 19.3. The van der Waals surface area contributed by atoms with Gasteiger partial charge >= 0.3 is 6.09 Å². The highest BCUT2D eigenvalue weighted by molar-refractivity contribution is 5.67. The smallest absolute Gasteiger partial charge is 0.407 e. The summed E-state index contributed by atoms with van der Waals surface area (Å²) in [5, 5.41) is 2.56. The minimum Gasteiger partial charge on any atom is -0.445 e. The third kappa shape index (κ3) is 4.77. The molecule has 1 aliphatic rings. The Labute approximate surface area is 116 Å². The molecular formula is C14H18F2N2O2. The van der Waals surface area contributed by atoms with Gasteiger partial charge in [-0.2, -0.15) is 0 Å². The van der Waals surface area contributed by atoms with Crippen LogP contribution >= 0.6 is 0 Å². The highest BCUT2D eigenvalue weighted by Crippen LogP contribution is 2.26. The zero-order valence-corrected chi connectivity index (χ0v) is 11.1. The van der Waals surface area contributed by atoms with Gasteiger partial charge in [-0.25, -0.2) is 13.6 Å². The van der Waals surface area contributed by atoms with E-state index >= 15 is 0 Å². The second-order valence-corrected chi connectivity index (χ2v) is 4.87. The lowest BCUT2D eigenvalue weighted by Crippen LogP contribution is -2.35. The number of nitrogens with one attached hydrogen (secondary N) is 1. The van der Waals surface area contributed by atoms with E-state index < -0.39 is 12.0 Å². The molecule has 1 aliphatic heterocycles. The number of hydrogen-bond acceptors (Lipinski definition) is 3. The molecule has 0 aromatic heterocycles. The van der Waals surface area contributed by atoms with Crippen LogP contribution in [0, 0.1) is 0 Å². The summed E-state index contributed by atoms with van der Waals surface area (Å²) in [5.74, 6) is -2.59. The summed E-state index contributed by atoms with van der Waals surface area (Å²) in [7, 11) is 0. The summed E-state index contributed by atoms with van der Waals surface area (Å²) in [6.07, 6.45) is -0.634.